The van der Waals surface area contributed by atoms with Crippen LogP contribution in [0.2, 0.25) is 0 Å². The highest BCUT2D eigenvalue weighted by molar-refractivity contribution is 7.78. The van der Waals surface area contributed by atoms with E-state index in [0.717, 1.165) is 18.0 Å². The Morgan fingerprint density at radius 1 is 1.37 bits per heavy atom. The summed E-state index contributed by atoms with van der Waals surface area (Å²) >= 11 is 4.55. The van der Waals surface area contributed by atoms with Gasteiger partial charge >= 0.3 is 0 Å². The molecule has 1 aromatic rings. The van der Waals surface area contributed by atoms with E-state index in [9.17, 15) is 0 Å². The largest absolute Gasteiger partial charge is 0.492 e. The van der Waals surface area contributed by atoms with Gasteiger partial charge in [0.05, 0.1) is 10.8 Å². The van der Waals surface area contributed by atoms with E-state index in [1.54, 1.807) is 0 Å². The van der Waals surface area contributed by atoms with Crippen molar-refractivity contribution in [2.45, 2.75) is 32.7 Å². The van der Waals surface area contributed by atoms with Crippen LogP contribution in [0.25, 0.3) is 0 Å². The van der Waals surface area contributed by atoms with Crippen molar-refractivity contribution in [1.29, 1.82) is 0 Å². The molecule has 0 aliphatic carbocycles. The first-order valence-corrected chi connectivity index (χ1v) is 7.21. The lowest BCUT2D eigenvalue weighted by molar-refractivity contribution is 0.198. The minimum absolute atomic E-state index is 0.550. The molecule has 3 nitrogen and oxygen atoms in total. The van der Waals surface area contributed by atoms with Gasteiger partial charge in [-0.1, -0.05) is 13.8 Å². The van der Waals surface area contributed by atoms with Crippen LogP contribution in [0.4, 0.5) is 5.69 Å². The van der Waals surface area contributed by atoms with Crippen LogP contribution in [0.1, 0.15) is 26.7 Å². The Labute approximate surface area is 121 Å². The van der Waals surface area contributed by atoms with Crippen molar-refractivity contribution in [3.05, 3.63) is 24.3 Å². The topological polar surface area (TPSA) is 24.8 Å². The molecule has 1 heterocycles. The molecule has 0 N–H and O–H groups in total. The van der Waals surface area contributed by atoms with Gasteiger partial charge in [-0.05, 0) is 62.9 Å². The third-order valence-corrected chi connectivity index (χ3v) is 3.22. The Bertz CT molecular complexity index is 413. The second-order valence-corrected chi connectivity index (χ2v) is 4.47. The molecular formula is C15H22N2OS. The average Bonchev–Trinajstić information content (AvgIpc) is 2.86. The van der Waals surface area contributed by atoms with E-state index in [1.165, 1.54) is 19.4 Å². The molecular weight excluding hydrogens is 256 g/mol. The number of hydrogen-bond acceptors (Lipinski definition) is 4. The summed E-state index contributed by atoms with van der Waals surface area (Å²) in [5.74, 6) is 0.883. The summed E-state index contributed by atoms with van der Waals surface area (Å²) in [6.07, 6.45) is 2.50. The number of likely N-dealkylation sites (N-methyl/N-ethyl adjacent to an activating group) is 1. The number of benzene rings is 1. The first-order chi connectivity index (χ1) is 9.29. The highest BCUT2D eigenvalue weighted by Crippen LogP contribution is 2.20. The van der Waals surface area contributed by atoms with E-state index in [2.05, 4.69) is 34.3 Å². The van der Waals surface area contributed by atoms with Gasteiger partial charge in [-0.25, -0.2) is 0 Å². The molecule has 0 amide bonds. The summed E-state index contributed by atoms with van der Waals surface area (Å²) in [6.45, 7) is 5.93. The van der Waals surface area contributed by atoms with Crippen molar-refractivity contribution in [2.75, 3.05) is 20.2 Å². The van der Waals surface area contributed by atoms with Crippen molar-refractivity contribution >= 4 is 23.1 Å². The van der Waals surface area contributed by atoms with E-state index >= 15 is 0 Å². The quantitative estimate of drug-likeness (QED) is 0.616. The van der Waals surface area contributed by atoms with Gasteiger partial charge < -0.3 is 9.64 Å². The van der Waals surface area contributed by atoms with E-state index in [4.69, 9.17) is 4.74 Å². The summed E-state index contributed by atoms with van der Waals surface area (Å²) in [6, 6.07) is 8.15. The lowest BCUT2D eigenvalue weighted by Crippen LogP contribution is -2.30. The number of rotatable bonds is 4. The fraction of sp³-hybridized carbons (Fsp3) is 0.533. The average molecular weight is 278 g/mol. The van der Waals surface area contributed by atoms with Crippen LogP contribution in [0.15, 0.2) is 29.3 Å². The molecule has 1 saturated heterocycles. The zero-order valence-corrected chi connectivity index (χ0v) is 12.7. The summed E-state index contributed by atoms with van der Waals surface area (Å²) in [5.41, 5.74) is 0.810. The standard InChI is InChI=1S/C13H16N2OS.C2H6/c1-15-8-2-3-12(15)9-16-13-6-4-11(5-7-13)14-10-17;1-2/h4-7,12H,2-3,8-9H2,1H3;1-2H3. The lowest BCUT2D eigenvalue weighted by Gasteiger charge is -2.19. The molecule has 0 aromatic heterocycles. The van der Waals surface area contributed by atoms with Crippen molar-refractivity contribution in [2.24, 2.45) is 4.99 Å². The van der Waals surface area contributed by atoms with Crippen LogP contribution in [-0.2, 0) is 0 Å². The number of thiocarbonyl (C=S) groups is 1. The number of likely N-dealkylation sites (tertiary alicyclic amines) is 1. The Morgan fingerprint density at radius 2 is 2.05 bits per heavy atom. The molecule has 1 aliphatic heterocycles. The maximum Gasteiger partial charge on any atom is 0.119 e. The van der Waals surface area contributed by atoms with Crippen LogP contribution in [0.3, 0.4) is 0 Å². The summed E-state index contributed by atoms with van der Waals surface area (Å²) < 4.78 is 5.76. The SMILES string of the molecule is CC.CN1CCCC1COc1ccc(N=C=S)cc1. The van der Waals surface area contributed by atoms with Crippen LogP contribution < -0.4 is 4.74 Å². The normalized spacial score (nSPS) is 18.2. The predicted molar refractivity (Wildman–Crippen MR) is 83.6 cm³/mol. The molecule has 1 aromatic carbocycles. The molecule has 1 aliphatic rings. The van der Waals surface area contributed by atoms with Gasteiger partial charge in [-0.15, -0.1) is 0 Å². The third kappa shape index (κ3) is 5.11. The molecule has 0 spiro atoms. The lowest BCUT2D eigenvalue weighted by atomic mass is 10.2. The fourth-order valence-corrected chi connectivity index (χ4v) is 2.16. The van der Waals surface area contributed by atoms with Crippen LogP contribution >= 0.6 is 12.2 Å². The summed E-state index contributed by atoms with van der Waals surface area (Å²) in [5, 5.41) is 2.35. The molecule has 2 rings (SSSR count). The number of hydrogen-bond donors (Lipinski definition) is 0. The van der Waals surface area contributed by atoms with E-state index in [1.807, 2.05) is 38.1 Å². The van der Waals surface area contributed by atoms with E-state index in [-0.39, 0.29) is 0 Å². The van der Waals surface area contributed by atoms with Gasteiger partial charge in [0.25, 0.3) is 0 Å². The summed E-state index contributed by atoms with van der Waals surface area (Å²) in [4.78, 5) is 6.25. The first-order valence-electron chi connectivity index (χ1n) is 6.80. The molecule has 1 atom stereocenters. The second kappa shape index (κ2) is 8.81. The number of isothiocyanates is 1. The maximum absolute atomic E-state index is 5.76. The van der Waals surface area contributed by atoms with E-state index in [0.29, 0.717) is 6.04 Å². The Balaban J connectivity index is 0.000000861. The zero-order valence-electron chi connectivity index (χ0n) is 11.9. The molecule has 0 radical (unpaired) electrons. The molecule has 1 fully saturated rings. The molecule has 0 bridgehead atoms. The van der Waals surface area contributed by atoms with Gasteiger partial charge in [-0.2, -0.15) is 4.99 Å². The smallest absolute Gasteiger partial charge is 0.119 e. The monoisotopic (exact) mass is 278 g/mol. The van der Waals surface area contributed by atoms with Gasteiger partial charge in [0.2, 0.25) is 0 Å². The maximum atomic E-state index is 5.76. The van der Waals surface area contributed by atoms with Crippen LogP contribution in [-0.4, -0.2) is 36.3 Å². The van der Waals surface area contributed by atoms with Crippen molar-refractivity contribution in [3.63, 3.8) is 0 Å². The first kappa shape index (κ1) is 15.8. The Kier molecular flexibility index (Phi) is 7.34. The molecule has 4 heteroatoms. The Morgan fingerprint density at radius 3 is 2.58 bits per heavy atom. The number of nitrogens with zero attached hydrogens (tertiary/aromatic N) is 2. The predicted octanol–water partition coefficient (Wildman–Crippen LogP) is 3.92. The van der Waals surface area contributed by atoms with Gasteiger partial charge in [0.1, 0.15) is 12.4 Å². The van der Waals surface area contributed by atoms with Crippen LogP contribution in [0, 0.1) is 0 Å². The summed E-state index contributed by atoms with van der Waals surface area (Å²) in [7, 11) is 2.15. The minimum Gasteiger partial charge on any atom is -0.492 e. The zero-order chi connectivity index (χ0) is 14.1. The van der Waals surface area contributed by atoms with Gasteiger partial charge in [0, 0.05) is 6.04 Å². The Hall–Kier alpha value is -1.22. The van der Waals surface area contributed by atoms with Crippen molar-refractivity contribution in [1.82, 2.24) is 4.90 Å². The highest BCUT2D eigenvalue weighted by Gasteiger charge is 2.21. The fourth-order valence-electron chi connectivity index (χ4n) is 2.05. The van der Waals surface area contributed by atoms with Crippen molar-refractivity contribution < 1.29 is 4.74 Å². The number of aliphatic imine (C=N–C) groups is 1. The van der Waals surface area contributed by atoms with Crippen LogP contribution in [0.5, 0.6) is 5.75 Å². The van der Waals surface area contributed by atoms with E-state index < -0.39 is 0 Å². The molecule has 19 heavy (non-hydrogen) atoms. The second-order valence-electron chi connectivity index (χ2n) is 4.28. The molecule has 1 unspecified atom stereocenters. The highest BCUT2D eigenvalue weighted by atomic mass is 32.1. The molecule has 104 valence electrons. The van der Waals surface area contributed by atoms with Gasteiger partial charge in [-0.3, -0.25) is 0 Å². The van der Waals surface area contributed by atoms with Gasteiger partial charge in [0.15, 0.2) is 0 Å². The molecule has 0 saturated carbocycles. The minimum atomic E-state index is 0.550. The van der Waals surface area contributed by atoms with Crippen molar-refractivity contribution in [3.8, 4) is 5.75 Å². The third-order valence-electron chi connectivity index (χ3n) is 3.13. The number of ether oxygens (including phenoxy) is 1.